The van der Waals surface area contributed by atoms with Crippen LogP contribution in [0.1, 0.15) is 43.2 Å². The molecule has 0 spiro atoms. The molecule has 5 rings (SSSR count). The molecule has 0 radical (unpaired) electrons. The minimum atomic E-state index is 0.368. The van der Waals surface area contributed by atoms with E-state index in [0.717, 1.165) is 11.8 Å². The third-order valence-corrected chi connectivity index (χ3v) is 6.43. The molecular weight excluding hydrogens is 258 g/mol. The Balaban J connectivity index is 1.51. The second-order valence-corrected chi connectivity index (χ2v) is 7.91. The van der Waals surface area contributed by atoms with E-state index >= 15 is 0 Å². The van der Waals surface area contributed by atoms with Gasteiger partial charge >= 0.3 is 0 Å². The van der Waals surface area contributed by atoms with E-state index < -0.39 is 0 Å². The lowest BCUT2D eigenvalue weighted by atomic mass is 9.51. The highest BCUT2D eigenvalue weighted by molar-refractivity contribution is 5.80. The largest absolute Gasteiger partial charge is 0.292 e. The van der Waals surface area contributed by atoms with Crippen LogP contribution in [0.2, 0.25) is 0 Å². The fourth-order valence-corrected chi connectivity index (χ4v) is 5.57. The monoisotopic (exact) mass is 284 g/mol. The van der Waals surface area contributed by atoms with Crippen LogP contribution in [0, 0.1) is 43.4 Å². The normalized spacial score (nSPS) is 37.0. The molecule has 0 unspecified atom stereocenters. The number of ketones is 1. The van der Waals surface area contributed by atoms with Crippen LogP contribution in [0.15, 0.2) is 18.5 Å². The molecule has 0 amide bonds. The molecule has 4 fully saturated rings. The van der Waals surface area contributed by atoms with Gasteiger partial charge in [-0.05, 0) is 75.2 Å². The van der Waals surface area contributed by atoms with Crippen molar-refractivity contribution in [3.8, 4) is 0 Å². The van der Waals surface area contributed by atoms with Crippen molar-refractivity contribution >= 4 is 5.78 Å². The van der Waals surface area contributed by atoms with Crippen LogP contribution in [0.5, 0.6) is 0 Å². The fraction of sp³-hybridized carbons (Fsp3) is 0.684. The maximum Gasteiger partial charge on any atom is 0.206 e. The van der Waals surface area contributed by atoms with Crippen molar-refractivity contribution < 1.29 is 9.36 Å². The van der Waals surface area contributed by atoms with E-state index in [1.54, 1.807) is 0 Å². The highest BCUT2D eigenvalue weighted by Crippen LogP contribution is 2.56. The van der Waals surface area contributed by atoms with Crippen molar-refractivity contribution in [1.82, 2.24) is 0 Å². The Morgan fingerprint density at radius 1 is 1.05 bits per heavy atom. The van der Waals surface area contributed by atoms with Crippen LogP contribution < -0.4 is 4.57 Å². The smallest absolute Gasteiger partial charge is 0.206 e. The van der Waals surface area contributed by atoms with Crippen molar-refractivity contribution in [3.05, 3.63) is 29.6 Å². The summed E-state index contributed by atoms with van der Waals surface area (Å²) < 4.78 is 2.09. The molecule has 1 heterocycles. The summed E-state index contributed by atoms with van der Waals surface area (Å²) in [5, 5.41) is 0. The van der Waals surface area contributed by atoms with Crippen molar-refractivity contribution in [2.24, 2.45) is 29.6 Å². The maximum absolute atomic E-state index is 12.9. The summed E-state index contributed by atoms with van der Waals surface area (Å²) in [7, 11) is 0. The lowest BCUT2D eigenvalue weighted by molar-refractivity contribution is -0.685. The van der Waals surface area contributed by atoms with Gasteiger partial charge in [0.1, 0.15) is 0 Å². The van der Waals surface area contributed by atoms with E-state index in [2.05, 4.69) is 36.9 Å². The van der Waals surface area contributed by atoms with Crippen molar-refractivity contribution in [1.29, 1.82) is 0 Å². The van der Waals surface area contributed by atoms with Crippen LogP contribution in [0.25, 0.3) is 0 Å². The fourth-order valence-electron chi connectivity index (χ4n) is 5.57. The Kier molecular flexibility index (Phi) is 3.16. The van der Waals surface area contributed by atoms with Gasteiger partial charge in [-0.3, -0.25) is 4.79 Å². The molecule has 0 atom stereocenters. The van der Waals surface area contributed by atoms with Crippen LogP contribution in [-0.2, 0) is 11.3 Å². The number of carbonyl (C=O) groups is 1. The number of rotatable bonds is 3. The highest BCUT2D eigenvalue weighted by atomic mass is 16.1. The predicted molar refractivity (Wildman–Crippen MR) is 81.7 cm³/mol. The third-order valence-electron chi connectivity index (χ3n) is 6.43. The van der Waals surface area contributed by atoms with Crippen LogP contribution >= 0.6 is 0 Å². The standard InChI is InChI=1S/C19H26NO/c1-12-3-4-20(10-13(12)2)11-18(21)19-16-6-14-5-15(8-16)9-17(19)7-14/h3-4,10,14-17,19H,5-9,11H2,1-2H3/q+1. The van der Waals surface area contributed by atoms with Gasteiger partial charge in [0.2, 0.25) is 12.3 Å². The van der Waals surface area contributed by atoms with E-state index in [-0.39, 0.29) is 0 Å². The number of pyridine rings is 1. The van der Waals surface area contributed by atoms with Crippen LogP contribution in [0.3, 0.4) is 0 Å². The quantitative estimate of drug-likeness (QED) is 0.781. The van der Waals surface area contributed by atoms with Gasteiger partial charge in [0.25, 0.3) is 0 Å². The molecule has 112 valence electrons. The first-order valence-corrected chi connectivity index (χ1v) is 8.59. The summed E-state index contributed by atoms with van der Waals surface area (Å²) >= 11 is 0. The molecule has 4 aliphatic rings. The zero-order chi connectivity index (χ0) is 14.6. The summed E-state index contributed by atoms with van der Waals surface area (Å²) in [4.78, 5) is 12.9. The molecular formula is C19H26NO+. The first kappa shape index (κ1) is 13.5. The second-order valence-electron chi connectivity index (χ2n) is 7.91. The van der Waals surface area contributed by atoms with Gasteiger partial charge < -0.3 is 0 Å². The molecule has 0 N–H and O–H groups in total. The molecule has 1 aromatic rings. The summed E-state index contributed by atoms with van der Waals surface area (Å²) in [5.74, 6) is 4.18. The van der Waals surface area contributed by atoms with Crippen molar-refractivity contribution in [2.45, 2.75) is 52.5 Å². The van der Waals surface area contributed by atoms with E-state index in [1.165, 1.54) is 43.2 Å². The SMILES string of the molecule is Cc1cc[n+](CC(=O)C2C3CC4CC(C3)CC2C4)cc1C. The Hall–Kier alpha value is -1.18. The van der Waals surface area contributed by atoms with Crippen molar-refractivity contribution in [2.75, 3.05) is 0 Å². The first-order valence-electron chi connectivity index (χ1n) is 8.59. The third kappa shape index (κ3) is 2.33. The molecule has 0 aromatic carbocycles. The molecule has 21 heavy (non-hydrogen) atoms. The molecule has 0 aliphatic heterocycles. The lowest BCUT2D eigenvalue weighted by Crippen LogP contribution is -2.51. The Bertz CT molecular complexity index is 549. The van der Waals surface area contributed by atoms with E-state index in [1.807, 2.05) is 0 Å². The summed E-state index contributed by atoms with van der Waals surface area (Å²) in [6, 6.07) is 2.12. The van der Waals surface area contributed by atoms with Gasteiger partial charge in [0.05, 0.1) is 0 Å². The molecule has 4 saturated carbocycles. The number of hydrogen-bond donors (Lipinski definition) is 0. The summed E-state index contributed by atoms with van der Waals surface area (Å²) in [6.07, 6.45) is 11.0. The molecule has 0 saturated heterocycles. The molecule has 4 bridgehead atoms. The molecule has 2 nitrogen and oxygen atoms in total. The number of aromatic nitrogens is 1. The number of aryl methyl sites for hydroxylation is 2. The first-order chi connectivity index (χ1) is 10.1. The molecule has 4 aliphatic carbocycles. The van der Waals surface area contributed by atoms with Gasteiger partial charge in [-0.25, -0.2) is 0 Å². The minimum absolute atomic E-state index is 0.368. The number of nitrogens with zero attached hydrogens (tertiary/aromatic N) is 1. The van der Waals surface area contributed by atoms with Crippen molar-refractivity contribution in [3.63, 3.8) is 0 Å². The average Bonchev–Trinajstić information content (AvgIpc) is 2.41. The van der Waals surface area contributed by atoms with Gasteiger partial charge in [-0.15, -0.1) is 0 Å². The zero-order valence-corrected chi connectivity index (χ0v) is 13.2. The zero-order valence-electron chi connectivity index (χ0n) is 13.2. The van der Waals surface area contributed by atoms with Crippen LogP contribution in [-0.4, -0.2) is 5.78 Å². The second kappa shape index (κ2) is 4.93. The number of hydrogen-bond acceptors (Lipinski definition) is 1. The highest BCUT2D eigenvalue weighted by Gasteiger charge is 2.51. The predicted octanol–water partition coefficient (Wildman–Crippen LogP) is 3.23. The lowest BCUT2D eigenvalue weighted by Gasteiger charge is -2.53. The van der Waals surface area contributed by atoms with E-state index in [9.17, 15) is 4.79 Å². The van der Waals surface area contributed by atoms with Crippen LogP contribution in [0.4, 0.5) is 0 Å². The Morgan fingerprint density at radius 2 is 1.67 bits per heavy atom. The van der Waals surface area contributed by atoms with E-state index in [4.69, 9.17) is 0 Å². The molecule has 2 heteroatoms. The minimum Gasteiger partial charge on any atom is -0.292 e. The number of Topliss-reactive ketones (excluding diaryl/α,β-unsaturated/α-hetero) is 1. The topological polar surface area (TPSA) is 20.9 Å². The Morgan fingerprint density at radius 3 is 2.24 bits per heavy atom. The van der Waals surface area contributed by atoms with Gasteiger partial charge in [-0.1, -0.05) is 0 Å². The van der Waals surface area contributed by atoms with Gasteiger partial charge in [0.15, 0.2) is 12.4 Å². The maximum atomic E-state index is 12.9. The number of carbonyl (C=O) groups excluding carboxylic acids is 1. The summed E-state index contributed by atoms with van der Waals surface area (Å²) in [6.45, 7) is 4.83. The average molecular weight is 284 g/mol. The van der Waals surface area contributed by atoms with Gasteiger partial charge in [-0.2, -0.15) is 4.57 Å². The Labute approximate surface area is 127 Å². The molecule has 1 aromatic heterocycles. The van der Waals surface area contributed by atoms with E-state index in [0.29, 0.717) is 30.1 Å². The summed E-state index contributed by atoms with van der Waals surface area (Å²) in [5.41, 5.74) is 2.57. The van der Waals surface area contributed by atoms with Gasteiger partial charge in [0, 0.05) is 17.5 Å².